The van der Waals surface area contributed by atoms with Crippen LogP contribution in [-0.2, 0) is 0 Å². The number of aromatic nitrogens is 4. The molecule has 4 nitrogen and oxygen atoms in total. The van der Waals surface area contributed by atoms with Crippen molar-refractivity contribution in [2.45, 2.75) is 0 Å². The van der Waals surface area contributed by atoms with Crippen molar-refractivity contribution in [3.05, 3.63) is 170 Å². The van der Waals surface area contributed by atoms with E-state index in [1.54, 1.807) is 0 Å². The quantitative estimate of drug-likeness (QED) is 0.187. The molecular weight excluding hydrogens is 641 g/mol. The lowest BCUT2D eigenvalue weighted by atomic mass is 10.0. The second-order valence-electron chi connectivity index (χ2n) is 13.0. The van der Waals surface area contributed by atoms with Crippen LogP contribution in [0.2, 0.25) is 0 Å². The third-order valence-electron chi connectivity index (χ3n) is 10.1. The summed E-state index contributed by atoms with van der Waals surface area (Å²) in [4.78, 5) is 10.5. The molecule has 0 radical (unpaired) electrons. The van der Waals surface area contributed by atoms with Crippen LogP contribution in [0.25, 0.3) is 97.9 Å². The SMILES string of the molecule is c1ccc(-c2cc(-n3c4ccccc4c4ccc5sc6ccc7c(c8ccccc8n7-c7ccccc7)c6c5c43)nc(-c3ccccc3)n2)cc1. The molecule has 51 heavy (non-hydrogen) atoms. The first-order valence-electron chi connectivity index (χ1n) is 17.2. The number of benzene rings is 7. The highest BCUT2D eigenvalue weighted by molar-refractivity contribution is 7.26. The Hall–Kier alpha value is -6.56. The molecule has 0 saturated heterocycles. The molecule has 0 unspecified atom stereocenters. The van der Waals surface area contributed by atoms with Gasteiger partial charge in [0.1, 0.15) is 5.82 Å². The van der Waals surface area contributed by atoms with E-state index in [-0.39, 0.29) is 0 Å². The van der Waals surface area contributed by atoms with Crippen molar-refractivity contribution in [1.29, 1.82) is 0 Å². The van der Waals surface area contributed by atoms with E-state index in [2.05, 4.69) is 155 Å². The molecule has 0 N–H and O–H groups in total. The first-order chi connectivity index (χ1) is 25.3. The van der Waals surface area contributed by atoms with Crippen LogP contribution < -0.4 is 0 Å². The first-order valence-corrected chi connectivity index (χ1v) is 18.0. The monoisotopic (exact) mass is 668 g/mol. The zero-order valence-corrected chi connectivity index (χ0v) is 28.2. The Labute approximate surface area is 297 Å². The van der Waals surface area contributed by atoms with Crippen molar-refractivity contribution in [2.75, 3.05) is 0 Å². The van der Waals surface area contributed by atoms with Gasteiger partial charge in [-0.1, -0.05) is 121 Å². The molecule has 0 saturated carbocycles. The van der Waals surface area contributed by atoms with Crippen LogP contribution >= 0.6 is 11.3 Å². The average Bonchev–Trinajstić information content (AvgIpc) is 3.86. The molecule has 0 aliphatic heterocycles. The van der Waals surface area contributed by atoms with Gasteiger partial charge in [-0.15, -0.1) is 11.3 Å². The van der Waals surface area contributed by atoms with E-state index in [1.165, 1.54) is 58.3 Å². The molecule has 0 amide bonds. The predicted octanol–water partition coefficient (Wildman–Crippen LogP) is 12.4. The Morgan fingerprint density at radius 1 is 0.412 bits per heavy atom. The second-order valence-corrected chi connectivity index (χ2v) is 14.1. The third kappa shape index (κ3) is 4.19. The summed E-state index contributed by atoms with van der Waals surface area (Å²) >= 11 is 1.86. The first kappa shape index (κ1) is 28.3. The number of thiophene rings is 1. The van der Waals surface area contributed by atoms with Gasteiger partial charge in [0, 0.05) is 64.6 Å². The molecule has 0 aliphatic rings. The highest BCUT2D eigenvalue weighted by Gasteiger charge is 2.23. The van der Waals surface area contributed by atoms with Crippen LogP contribution in [0.1, 0.15) is 0 Å². The fourth-order valence-corrected chi connectivity index (χ4v) is 9.09. The molecule has 4 aromatic heterocycles. The summed E-state index contributed by atoms with van der Waals surface area (Å²) in [6, 6.07) is 60.4. The van der Waals surface area contributed by atoms with Gasteiger partial charge in [-0.3, -0.25) is 4.57 Å². The van der Waals surface area contributed by atoms with E-state index in [0.29, 0.717) is 5.82 Å². The predicted molar refractivity (Wildman–Crippen MR) is 214 cm³/mol. The van der Waals surface area contributed by atoms with Crippen molar-refractivity contribution in [3.8, 4) is 34.2 Å². The van der Waals surface area contributed by atoms with Gasteiger partial charge in [-0.05, 0) is 42.5 Å². The lowest BCUT2D eigenvalue weighted by Crippen LogP contribution is -2.02. The molecule has 4 heterocycles. The highest BCUT2D eigenvalue weighted by atomic mass is 32.1. The van der Waals surface area contributed by atoms with Gasteiger partial charge in [0.2, 0.25) is 0 Å². The molecular formula is C46H28N4S. The lowest BCUT2D eigenvalue weighted by molar-refractivity contribution is 1.05. The minimum atomic E-state index is 0.702. The largest absolute Gasteiger partial charge is 0.309 e. The molecule has 0 atom stereocenters. The van der Waals surface area contributed by atoms with Crippen molar-refractivity contribution >= 4 is 75.1 Å². The maximum atomic E-state index is 5.35. The fraction of sp³-hybridized carbons (Fsp3) is 0. The van der Waals surface area contributed by atoms with E-state index < -0.39 is 0 Å². The maximum Gasteiger partial charge on any atom is 0.162 e. The van der Waals surface area contributed by atoms with E-state index >= 15 is 0 Å². The number of rotatable bonds is 4. The van der Waals surface area contributed by atoms with Crippen LogP contribution in [-0.4, -0.2) is 19.1 Å². The van der Waals surface area contributed by atoms with Crippen molar-refractivity contribution < 1.29 is 0 Å². The van der Waals surface area contributed by atoms with Gasteiger partial charge < -0.3 is 4.57 Å². The number of fused-ring (bicyclic) bond motifs is 11. The second kappa shape index (κ2) is 11.0. The van der Waals surface area contributed by atoms with Crippen molar-refractivity contribution in [1.82, 2.24) is 19.1 Å². The summed E-state index contributed by atoms with van der Waals surface area (Å²) in [5.41, 5.74) is 8.78. The van der Waals surface area contributed by atoms with Crippen molar-refractivity contribution in [2.24, 2.45) is 0 Å². The van der Waals surface area contributed by atoms with Crippen LogP contribution in [0, 0.1) is 0 Å². The molecule has 0 aliphatic carbocycles. The van der Waals surface area contributed by atoms with Gasteiger partial charge in [0.15, 0.2) is 5.82 Å². The molecule has 0 spiro atoms. The number of hydrogen-bond donors (Lipinski definition) is 0. The fourth-order valence-electron chi connectivity index (χ4n) is 7.97. The van der Waals surface area contributed by atoms with E-state index in [9.17, 15) is 0 Å². The van der Waals surface area contributed by atoms with Gasteiger partial charge in [0.25, 0.3) is 0 Å². The number of nitrogens with zero attached hydrogens (tertiary/aromatic N) is 4. The summed E-state index contributed by atoms with van der Waals surface area (Å²) in [5, 5.41) is 7.48. The minimum absolute atomic E-state index is 0.702. The Bertz CT molecular complexity index is 3060. The molecule has 238 valence electrons. The average molecular weight is 669 g/mol. The smallest absolute Gasteiger partial charge is 0.162 e. The Morgan fingerprint density at radius 3 is 1.78 bits per heavy atom. The van der Waals surface area contributed by atoms with Crippen LogP contribution in [0.4, 0.5) is 0 Å². The Kier molecular flexibility index (Phi) is 6.09. The normalized spacial score (nSPS) is 11.9. The van der Waals surface area contributed by atoms with Crippen molar-refractivity contribution in [3.63, 3.8) is 0 Å². The molecule has 7 aromatic carbocycles. The lowest BCUT2D eigenvalue weighted by Gasteiger charge is -2.13. The van der Waals surface area contributed by atoms with Gasteiger partial charge in [0.05, 0.1) is 27.8 Å². The minimum Gasteiger partial charge on any atom is -0.309 e. The number of hydrogen-bond acceptors (Lipinski definition) is 3. The molecule has 5 heteroatoms. The summed E-state index contributed by atoms with van der Waals surface area (Å²) < 4.78 is 7.32. The standard InChI is InChI=1S/C46H28N4S/c1-4-14-29(15-5-1)35-28-41(48-46(47-35)30-16-6-2-7-17-30)50-36-22-12-10-20-32(36)33-24-26-40-44(45(33)50)43-39(51-40)27-25-38-42(43)34-21-11-13-23-37(34)49(38)31-18-8-3-9-19-31/h1-28H. The number of para-hydroxylation sites is 3. The topological polar surface area (TPSA) is 35.6 Å². The molecule has 0 fully saturated rings. The third-order valence-corrected chi connectivity index (χ3v) is 11.2. The highest BCUT2D eigenvalue weighted by Crippen LogP contribution is 2.47. The van der Waals surface area contributed by atoms with Gasteiger partial charge >= 0.3 is 0 Å². The maximum absolute atomic E-state index is 5.35. The van der Waals surface area contributed by atoms with E-state index in [1.807, 2.05) is 35.6 Å². The van der Waals surface area contributed by atoms with E-state index in [0.717, 1.165) is 33.8 Å². The summed E-state index contributed by atoms with van der Waals surface area (Å²) in [6.07, 6.45) is 0. The molecule has 11 aromatic rings. The van der Waals surface area contributed by atoms with Crippen LogP contribution in [0.3, 0.4) is 0 Å². The summed E-state index contributed by atoms with van der Waals surface area (Å²) in [5.74, 6) is 1.55. The van der Waals surface area contributed by atoms with E-state index in [4.69, 9.17) is 9.97 Å². The summed E-state index contributed by atoms with van der Waals surface area (Å²) in [7, 11) is 0. The molecule has 11 rings (SSSR count). The van der Waals surface area contributed by atoms with Crippen LogP contribution in [0.5, 0.6) is 0 Å². The van der Waals surface area contributed by atoms with Gasteiger partial charge in [-0.2, -0.15) is 0 Å². The summed E-state index contributed by atoms with van der Waals surface area (Å²) in [6.45, 7) is 0. The van der Waals surface area contributed by atoms with Gasteiger partial charge in [-0.25, -0.2) is 9.97 Å². The zero-order valence-electron chi connectivity index (χ0n) is 27.4. The van der Waals surface area contributed by atoms with Crippen LogP contribution in [0.15, 0.2) is 170 Å². The zero-order chi connectivity index (χ0) is 33.5. The Balaban J connectivity index is 1.33. The Morgan fingerprint density at radius 2 is 1.02 bits per heavy atom. The molecule has 0 bridgehead atoms.